The lowest BCUT2D eigenvalue weighted by Gasteiger charge is -2.09. The number of hydrogen-bond acceptors (Lipinski definition) is 4. The fourth-order valence-electron chi connectivity index (χ4n) is 2.73. The third-order valence-corrected chi connectivity index (χ3v) is 6.08. The van der Waals surface area contributed by atoms with Crippen molar-refractivity contribution in [3.05, 3.63) is 88.7 Å². The summed E-state index contributed by atoms with van der Waals surface area (Å²) in [6, 6.07) is 17.0. The number of sulfonamides is 1. The molecule has 5 nitrogen and oxygen atoms in total. The lowest BCUT2D eigenvalue weighted by molar-refractivity contribution is 0.0986. The smallest absolute Gasteiger partial charge is 0.261 e. The molecule has 0 heterocycles. The van der Waals surface area contributed by atoms with Gasteiger partial charge in [-0.1, -0.05) is 29.3 Å². The molecule has 0 aromatic heterocycles. The highest BCUT2D eigenvalue weighted by atomic mass is 35.5. The van der Waals surface area contributed by atoms with E-state index in [9.17, 15) is 17.6 Å². The second kappa shape index (κ2) is 9.28. The number of carbonyl (C=O) groups is 1. The molecular weight excluding hydrogens is 427 g/mol. The summed E-state index contributed by atoms with van der Waals surface area (Å²) in [6.45, 7) is 2.23. The van der Waals surface area contributed by atoms with Gasteiger partial charge in [-0.15, -0.1) is 0 Å². The minimum absolute atomic E-state index is 0.00926. The number of anilines is 2. The normalized spacial score (nSPS) is 11.2. The second-order valence-electron chi connectivity index (χ2n) is 6.72. The summed E-state index contributed by atoms with van der Waals surface area (Å²) in [5, 5.41) is 3.02. The third-order valence-electron chi connectivity index (χ3n) is 4.39. The fourth-order valence-corrected chi connectivity index (χ4v) is 3.97. The molecule has 30 heavy (non-hydrogen) atoms. The molecule has 3 aromatic carbocycles. The van der Waals surface area contributed by atoms with Crippen LogP contribution >= 0.6 is 11.6 Å². The molecule has 0 amide bonds. The minimum atomic E-state index is -3.70. The van der Waals surface area contributed by atoms with Crippen molar-refractivity contribution in [2.45, 2.75) is 18.2 Å². The highest BCUT2D eigenvalue weighted by Crippen LogP contribution is 2.20. The van der Waals surface area contributed by atoms with E-state index in [0.717, 1.165) is 5.56 Å². The second-order valence-corrected chi connectivity index (χ2v) is 8.81. The highest BCUT2D eigenvalue weighted by molar-refractivity contribution is 7.92. The van der Waals surface area contributed by atoms with Crippen LogP contribution in [-0.2, 0) is 10.0 Å². The Morgan fingerprint density at radius 3 is 2.23 bits per heavy atom. The first-order chi connectivity index (χ1) is 14.2. The minimum Gasteiger partial charge on any atom is -0.385 e. The van der Waals surface area contributed by atoms with Gasteiger partial charge in [-0.2, -0.15) is 0 Å². The first kappa shape index (κ1) is 21.8. The number of ketones is 1. The summed E-state index contributed by atoms with van der Waals surface area (Å²) in [5.74, 6) is -0.611. The van der Waals surface area contributed by atoms with E-state index in [1.807, 2.05) is 6.92 Å². The summed E-state index contributed by atoms with van der Waals surface area (Å²) in [5.41, 5.74) is 2.42. The van der Waals surface area contributed by atoms with E-state index in [0.29, 0.717) is 23.5 Å². The maximum atomic E-state index is 13.2. The number of carbonyl (C=O) groups excluding carboxylic acids is 1. The van der Waals surface area contributed by atoms with E-state index >= 15 is 0 Å². The predicted molar refractivity (Wildman–Crippen MR) is 117 cm³/mol. The number of halogens is 2. The molecule has 0 fully saturated rings. The first-order valence-corrected chi connectivity index (χ1v) is 11.0. The van der Waals surface area contributed by atoms with E-state index in [1.54, 1.807) is 42.5 Å². The van der Waals surface area contributed by atoms with Crippen LogP contribution in [-0.4, -0.2) is 20.7 Å². The Morgan fingerprint density at radius 2 is 1.60 bits per heavy atom. The van der Waals surface area contributed by atoms with Crippen LogP contribution < -0.4 is 10.0 Å². The van der Waals surface area contributed by atoms with Crippen LogP contribution in [0, 0.1) is 12.7 Å². The van der Waals surface area contributed by atoms with Crippen molar-refractivity contribution in [3.63, 3.8) is 0 Å². The molecule has 2 N–H and O–H groups in total. The van der Waals surface area contributed by atoms with Crippen molar-refractivity contribution in [3.8, 4) is 0 Å². The Labute approximate surface area is 179 Å². The van der Waals surface area contributed by atoms with Gasteiger partial charge in [0.2, 0.25) is 0 Å². The molecule has 0 saturated carbocycles. The van der Waals surface area contributed by atoms with Crippen molar-refractivity contribution in [2.24, 2.45) is 0 Å². The quantitative estimate of drug-likeness (QED) is 0.462. The van der Waals surface area contributed by atoms with Crippen LogP contribution in [0.3, 0.4) is 0 Å². The molecule has 0 spiro atoms. The van der Waals surface area contributed by atoms with Crippen LogP contribution in [0.1, 0.15) is 22.3 Å². The summed E-state index contributed by atoms with van der Waals surface area (Å²) in [6.07, 6.45) is 0.212. The topological polar surface area (TPSA) is 75.3 Å². The number of hydrogen-bond donors (Lipinski definition) is 2. The van der Waals surface area contributed by atoms with E-state index in [1.165, 1.54) is 24.3 Å². The number of rotatable bonds is 8. The van der Waals surface area contributed by atoms with Crippen LogP contribution in [0.4, 0.5) is 15.8 Å². The largest absolute Gasteiger partial charge is 0.385 e. The Balaban J connectivity index is 1.57. The number of Topliss-reactive ketones (excluding diaryl/α,β-unsaturated/α-hetero) is 1. The molecule has 0 aliphatic heterocycles. The standard InChI is InChI=1S/C22H20ClFN2O3S/c1-15-2-9-19(10-3-15)30(28,29)26-17-6-4-16(5-7-17)22(27)12-13-25-18-8-11-21(24)20(23)14-18/h2-11,14,25-26H,12-13H2,1H3. The summed E-state index contributed by atoms with van der Waals surface area (Å²) >= 11 is 5.73. The van der Waals surface area contributed by atoms with E-state index < -0.39 is 15.8 Å². The molecule has 0 aliphatic carbocycles. The summed E-state index contributed by atoms with van der Waals surface area (Å²) < 4.78 is 40.5. The van der Waals surface area contributed by atoms with Gasteiger partial charge in [0.15, 0.2) is 5.78 Å². The molecule has 0 atom stereocenters. The monoisotopic (exact) mass is 446 g/mol. The van der Waals surface area contributed by atoms with E-state index in [4.69, 9.17) is 11.6 Å². The van der Waals surface area contributed by atoms with Gasteiger partial charge in [0, 0.05) is 29.9 Å². The Morgan fingerprint density at radius 1 is 0.967 bits per heavy atom. The molecule has 3 rings (SSSR count). The zero-order valence-electron chi connectivity index (χ0n) is 16.2. The van der Waals surface area contributed by atoms with E-state index in [-0.39, 0.29) is 22.1 Å². The van der Waals surface area contributed by atoms with Crippen molar-refractivity contribution >= 4 is 38.8 Å². The van der Waals surface area contributed by atoms with Crippen LogP contribution in [0.5, 0.6) is 0 Å². The predicted octanol–water partition coefficient (Wildman–Crippen LogP) is 5.27. The molecule has 0 saturated heterocycles. The fraction of sp³-hybridized carbons (Fsp3) is 0.136. The Bertz CT molecular complexity index is 1150. The summed E-state index contributed by atoms with van der Waals surface area (Å²) in [4.78, 5) is 12.5. The van der Waals surface area contributed by atoms with Crippen LogP contribution in [0.2, 0.25) is 5.02 Å². The third kappa shape index (κ3) is 5.58. The van der Waals surface area contributed by atoms with Gasteiger partial charge < -0.3 is 5.32 Å². The molecule has 3 aromatic rings. The molecule has 0 bridgehead atoms. The van der Waals surface area contributed by atoms with Gasteiger partial charge in [-0.05, 0) is 61.5 Å². The SMILES string of the molecule is Cc1ccc(S(=O)(=O)Nc2ccc(C(=O)CCNc3ccc(F)c(Cl)c3)cc2)cc1. The lowest BCUT2D eigenvalue weighted by atomic mass is 10.1. The number of aryl methyl sites for hydroxylation is 1. The Kier molecular flexibility index (Phi) is 6.74. The van der Waals surface area contributed by atoms with Gasteiger partial charge in [0.05, 0.1) is 9.92 Å². The highest BCUT2D eigenvalue weighted by Gasteiger charge is 2.14. The maximum Gasteiger partial charge on any atom is 0.261 e. The molecule has 156 valence electrons. The zero-order valence-corrected chi connectivity index (χ0v) is 17.7. The van der Waals surface area contributed by atoms with Crippen molar-refractivity contribution in [2.75, 3.05) is 16.6 Å². The lowest BCUT2D eigenvalue weighted by Crippen LogP contribution is -2.13. The first-order valence-electron chi connectivity index (χ1n) is 9.16. The molecule has 8 heteroatoms. The van der Waals surface area contributed by atoms with Crippen molar-refractivity contribution in [1.29, 1.82) is 0 Å². The maximum absolute atomic E-state index is 13.2. The molecule has 0 aliphatic rings. The van der Waals surface area contributed by atoms with Gasteiger partial charge in [-0.25, -0.2) is 12.8 Å². The molecule has 0 radical (unpaired) electrons. The number of benzene rings is 3. The summed E-state index contributed by atoms with van der Waals surface area (Å²) in [7, 11) is -3.70. The number of nitrogens with one attached hydrogen (secondary N) is 2. The Hall–Kier alpha value is -2.90. The van der Waals surface area contributed by atoms with Crippen molar-refractivity contribution in [1.82, 2.24) is 0 Å². The van der Waals surface area contributed by atoms with Gasteiger partial charge in [0.1, 0.15) is 5.82 Å². The van der Waals surface area contributed by atoms with Crippen LogP contribution in [0.15, 0.2) is 71.6 Å². The van der Waals surface area contributed by atoms with Crippen LogP contribution in [0.25, 0.3) is 0 Å². The van der Waals surface area contributed by atoms with Gasteiger partial charge >= 0.3 is 0 Å². The molecule has 0 unspecified atom stereocenters. The van der Waals surface area contributed by atoms with Gasteiger partial charge in [-0.3, -0.25) is 9.52 Å². The zero-order chi connectivity index (χ0) is 21.7. The van der Waals surface area contributed by atoms with E-state index in [2.05, 4.69) is 10.0 Å². The average Bonchev–Trinajstić information content (AvgIpc) is 2.71. The van der Waals surface area contributed by atoms with Gasteiger partial charge in [0.25, 0.3) is 10.0 Å². The van der Waals surface area contributed by atoms with Crippen molar-refractivity contribution < 1.29 is 17.6 Å². The molecular formula is C22H20ClFN2O3S. The average molecular weight is 447 g/mol.